The highest BCUT2D eigenvalue weighted by molar-refractivity contribution is 5.33. The number of aryl methyl sites for hydroxylation is 1. The van der Waals surface area contributed by atoms with E-state index in [-0.39, 0.29) is 0 Å². The molecule has 0 spiro atoms. The molecule has 0 atom stereocenters. The fraction of sp³-hybridized carbons (Fsp3) is 0.500. The van der Waals surface area contributed by atoms with Crippen molar-refractivity contribution in [3.63, 3.8) is 0 Å². The van der Waals surface area contributed by atoms with Crippen molar-refractivity contribution in [2.45, 2.75) is 32.7 Å². The Balaban J connectivity index is 2.24. The molecule has 0 amide bonds. The van der Waals surface area contributed by atoms with E-state index < -0.39 is 0 Å². The maximum Gasteiger partial charge on any atom is 0.0208 e. The molecule has 0 aromatic heterocycles. The molecule has 13 heavy (non-hydrogen) atoms. The van der Waals surface area contributed by atoms with Crippen LogP contribution in [0.15, 0.2) is 18.2 Å². The lowest BCUT2D eigenvalue weighted by atomic mass is 9.97. The molecule has 0 bridgehead atoms. The molecule has 0 aliphatic carbocycles. The van der Waals surface area contributed by atoms with Crippen molar-refractivity contribution in [2.75, 3.05) is 6.54 Å². The van der Waals surface area contributed by atoms with Crippen LogP contribution >= 0.6 is 0 Å². The van der Waals surface area contributed by atoms with Crippen LogP contribution in [0.5, 0.6) is 0 Å². The normalized spacial score (nSPS) is 15.5. The van der Waals surface area contributed by atoms with Gasteiger partial charge in [-0.05, 0) is 36.1 Å². The van der Waals surface area contributed by atoms with Crippen molar-refractivity contribution in [1.29, 1.82) is 0 Å². The Morgan fingerprint density at radius 3 is 3.08 bits per heavy atom. The van der Waals surface area contributed by atoms with Gasteiger partial charge >= 0.3 is 0 Å². The average Bonchev–Trinajstić information content (AvgIpc) is 2.18. The summed E-state index contributed by atoms with van der Waals surface area (Å²) in [7, 11) is 0. The summed E-state index contributed by atoms with van der Waals surface area (Å²) in [5, 5.41) is 3.39. The second-order valence-electron chi connectivity index (χ2n) is 3.78. The highest BCUT2D eigenvalue weighted by atomic mass is 14.9. The van der Waals surface area contributed by atoms with Crippen LogP contribution in [-0.2, 0) is 19.4 Å². The third-order valence-corrected chi connectivity index (χ3v) is 2.70. The van der Waals surface area contributed by atoms with E-state index in [1.807, 2.05) is 0 Å². The molecule has 0 radical (unpaired) electrons. The summed E-state index contributed by atoms with van der Waals surface area (Å²) < 4.78 is 0. The number of hydrogen-bond acceptors (Lipinski definition) is 1. The van der Waals surface area contributed by atoms with Gasteiger partial charge in [-0.25, -0.2) is 0 Å². The number of benzene rings is 1. The Bertz CT molecular complexity index is 291. The molecule has 1 nitrogen and oxygen atoms in total. The average molecular weight is 175 g/mol. The first-order valence-corrected chi connectivity index (χ1v) is 5.21. The van der Waals surface area contributed by atoms with Crippen molar-refractivity contribution < 1.29 is 0 Å². The molecular weight excluding hydrogens is 158 g/mol. The second kappa shape index (κ2) is 3.93. The number of fused-ring (bicyclic) bond motifs is 1. The SMILES string of the molecule is CCCc1ccc2c(c1)CCNC2. The Morgan fingerprint density at radius 1 is 1.31 bits per heavy atom. The van der Waals surface area contributed by atoms with E-state index in [4.69, 9.17) is 0 Å². The minimum Gasteiger partial charge on any atom is -0.312 e. The molecule has 1 aromatic carbocycles. The Hall–Kier alpha value is -0.820. The van der Waals surface area contributed by atoms with Gasteiger partial charge in [-0.2, -0.15) is 0 Å². The molecule has 70 valence electrons. The molecule has 1 heteroatoms. The minimum absolute atomic E-state index is 1.06. The fourth-order valence-electron chi connectivity index (χ4n) is 1.97. The predicted molar refractivity (Wildman–Crippen MR) is 55.8 cm³/mol. The molecule has 1 aliphatic heterocycles. The zero-order valence-electron chi connectivity index (χ0n) is 8.27. The molecule has 1 aromatic rings. The summed E-state index contributed by atoms with van der Waals surface area (Å²) in [5.74, 6) is 0. The van der Waals surface area contributed by atoms with Gasteiger partial charge in [0.15, 0.2) is 0 Å². The van der Waals surface area contributed by atoms with Crippen molar-refractivity contribution >= 4 is 0 Å². The summed E-state index contributed by atoms with van der Waals surface area (Å²) >= 11 is 0. The number of hydrogen-bond donors (Lipinski definition) is 1. The monoisotopic (exact) mass is 175 g/mol. The van der Waals surface area contributed by atoms with Crippen LogP contribution < -0.4 is 5.32 Å². The zero-order chi connectivity index (χ0) is 9.10. The topological polar surface area (TPSA) is 12.0 Å². The maximum absolute atomic E-state index is 3.39. The Labute approximate surface area is 80.2 Å². The van der Waals surface area contributed by atoms with Gasteiger partial charge < -0.3 is 5.32 Å². The lowest BCUT2D eigenvalue weighted by molar-refractivity contribution is 0.642. The van der Waals surface area contributed by atoms with Crippen LogP contribution in [0, 0.1) is 0 Å². The molecule has 1 N–H and O–H groups in total. The molecule has 1 aliphatic rings. The van der Waals surface area contributed by atoms with Crippen molar-refractivity contribution in [3.8, 4) is 0 Å². The van der Waals surface area contributed by atoms with Gasteiger partial charge in [0.25, 0.3) is 0 Å². The number of nitrogens with one attached hydrogen (secondary N) is 1. The number of rotatable bonds is 2. The van der Waals surface area contributed by atoms with Gasteiger partial charge in [-0.3, -0.25) is 0 Å². The Kier molecular flexibility index (Phi) is 2.65. The summed E-state index contributed by atoms with van der Waals surface area (Å²) in [4.78, 5) is 0. The first-order valence-electron chi connectivity index (χ1n) is 5.21. The fourth-order valence-corrected chi connectivity index (χ4v) is 1.97. The van der Waals surface area contributed by atoms with Crippen LogP contribution in [0.25, 0.3) is 0 Å². The van der Waals surface area contributed by atoms with Crippen molar-refractivity contribution in [2.24, 2.45) is 0 Å². The lowest BCUT2D eigenvalue weighted by Gasteiger charge is -2.17. The third kappa shape index (κ3) is 1.92. The van der Waals surface area contributed by atoms with Gasteiger partial charge in [0.05, 0.1) is 0 Å². The van der Waals surface area contributed by atoms with Crippen LogP contribution in [0.4, 0.5) is 0 Å². The standard InChI is InChI=1S/C12H17N/c1-2-3-10-4-5-12-9-13-7-6-11(12)8-10/h4-5,8,13H,2-3,6-7,9H2,1H3. The second-order valence-corrected chi connectivity index (χ2v) is 3.78. The van der Waals surface area contributed by atoms with E-state index in [9.17, 15) is 0 Å². The highest BCUT2D eigenvalue weighted by Gasteiger charge is 2.07. The van der Waals surface area contributed by atoms with Gasteiger partial charge in [0.1, 0.15) is 0 Å². The summed E-state index contributed by atoms with van der Waals surface area (Å²) in [5.41, 5.74) is 4.55. The predicted octanol–water partition coefficient (Wildman–Crippen LogP) is 2.28. The van der Waals surface area contributed by atoms with Gasteiger partial charge in [-0.15, -0.1) is 0 Å². The summed E-state index contributed by atoms with van der Waals surface area (Å²) in [6.45, 7) is 4.44. The van der Waals surface area contributed by atoms with Crippen LogP contribution in [-0.4, -0.2) is 6.54 Å². The smallest absolute Gasteiger partial charge is 0.0208 e. The molecule has 2 rings (SSSR count). The third-order valence-electron chi connectivity index (χ3n) is 2.70. The van der Waals surface area contributed by atoms with E-state index >= 15 is 0 Å². The first-order chi connectivity index (χ1) is 6.40. The molecular formula is C12H17N. The Morgan fingerprint density at radius 2 is 2.23 bits per heavy atom. The van der Waals surface area contributed by atoms with Gasteiger partial charge in [-0.1, -0.05) is 31.5 Å². The largest absolute Gasteiger partial charge is 0.312 e. The first kappa shape index (κ1) is 8.76. The maximum atomic E-state index is 3.39. The molecule has 1 heterocycles. The van der Waals surface area contributed by atoms with E-state index in [0.29, 0.717) is 0 Å². The van der Waals surface area contributed by atoms with Gasteiger partial charge in [0.2, 0.25) is 0 Å². The summed E-state index contributed by atoms with van der Waals surface area (Å²) in [6, 6.07) is 6.95. The minimum atomic E-state index is 1.06. The quantitative estimate of drug-likeness (QED) is 0.727. The van der Waals surface area contributed by atoms with Crippen molar-refractivity contribution in [1.82, 2.24) is 5.32 Å². The van der Waals surface area contributed by atoms with Crippen LogP contribution in [0.1, 0.15) is 30.0 Å². The zero-order valence-corrected chi connectivity index (χ0v) is 8.27. The van der Waals surface area contributed by atoms with Crippen LogP contribution in [0.2, 0.25) is 0 Å². The molecule has 0 fully saturated rings. The molecule has 0 saturated heterocycles. The molecule has 0 unspecified atom stereocenters. The van der Waals surface area contributed by atoms with Crippen LogP contribution in [0.3, 0.4) is 0 Å². The lowest BCUT2D eigenvalue weighted by Crippen LogP contribution is -2.23. The van der Waals surface area contributed by atoms with E-state index in [1.54, 1.807) is 5.56 Å². The van der Waals surface area contributed by atoms with Crippen molar-refractivity contribution in [3.05, 3.63) is 34.9 Å². The van der Waals surface area contributed by atoms with E-state index in [1.165, 1.54) is 30.4 Å². The summed E-state index contributed by atoms with van der Waals surface area (Å²) in [6.07, 6.45) is 3.67. The van der Waals surface area contributed by atoms with Gasteiger partial charge in [0, 0.05) is 6.54 Å². The van der Waals surface area contributed by atoms with E-state index in [2.05, 4.69) is 30.4 Å². The molecule has 0 saturated carbocycles. The highest BCUT2D eigenvalue weighted by Crippen LogP contribution is 2.16. The van der Waals surface area contributed by atoms with E-state index in [0.717, 1.165) is 13.1 Å².